The van der Waals surface area contributed by atoms with Gasteiger partial charge in [-0.15, -0.1) is 5.10 Å². The van der Waals surface area contributed by atoms with Crippen molar-refractivity contribution < 1.29 is 9.59 Å². The number of hydrogen-bond donors (Lipinski definition) is 5. The standard InChI is InChI=1S/C20H24N10O2/c21-14-3-1-2-4-15(14)26-20-24-9-13(17(22)31)19(27-20)25-11-5-7-12(8-6-11)30-10-16(18(23)32)28-29-30/h5-10,14-15H,1-4,21H2,(H2,22,31)(H2,23,32)(H2,24,25,26,27)/t14-,15+/m0/s1. The van der Waals surface area contributed by atoms with Crippen LogP contribution >= 0.6 is 0 Å². The van der Waals surface area contributed by atoms with E-state index < -0.39 is 11.8 Å². The molecule has 166 valence electrons. The monoisotopic (exact) mass is 436 g/mol. The number of carbonyl (C=O) groups is 2. The van der Waals surface area contributed by atoms with Crippen LogP contribution in [-0.2, 0) is 0 Å². The first kappa shape index (κ1) is 21.2. The van der Waals surface area contributed by atoms with Gasteiger partial charge in [-0.25, -0.2) is 9.67 Å². The van der Waals surface area contributed by atoms with Gasteiger partial charge in [0.15, 0.2) is 5.69 Å². The summed E-state index contributed by atoms with van der Waals surface area (Å²) < 4.78 is 1.43. The number of nitrogens with two attached hydrogens (primary N) is 3. The number of nitrogens with zero attached hydrogens (tertiary/aromatic N) is 5. The highest BCUT2D eigenvalue weighted by Crippen LogP contribution is 2.23. The number of anilines is 3. The first-order valence-electron chi connectivity index (χ1n) is 10.2. The molecule has 8 N–H and O–H groups in total. The van der Waals surface area contributed by atoms with Crippen molar-refractivity contribution in [2.24, 2.45) is 17.2 Å². The molecule has 0 saturated heterocycles. The largest absolute Gasteiger partial charge is 0.365 e. The topological polar surface area (TPSA) is 193 Å². The van der Waals surface area contributed by atoms with Gasteiger partial charge in [-0.3, -0.25) is 9.59 Å². The number of primary amides is 2. The maximum absolute atomic E-state index is 11.9. The van der Waals surface area contributed by atoms with Gasteiger partial charge in [-0.2, -0.15) is 4.98 Å². The van der Waals surface area contributed by atoms with E-state index >= 15 is 0 Å². The molecular weight excluding hydrogens is 412 g/mol. The van der Waals surface area contributed by atoms with E-state index in [0.717, 1.165) is 25.7 Å². The van der Waals surface area contributed by atoms with Crippen molar-refractivity contribution in [2.45, 2.75) is 37.8 Å². The molecule has 2 amide bonds. The SMILES string of the molecule is NC(=O)c1cn(-c2ccc(Nc3nc(N[C@@H]4CCCC[C@@H]4N)ncc3C(N)=O)cc2)nn1. The fourth-order valence-corrected chi connectivity index (χ4v) is 3.57. The Labute approximate surface area is 183 Å². The molecule has 0 spiro atoms. The van der Waals surface area contributed by atoms with Gasteiger partial charge in [0.1, 0.15) is 11.4 Å². The van der Waals surface area contributed by atoms with Crippen molar-refractivity contribution in [2.75, 3.05) is 10.6 Å². The highest BCUT2D eigenvalue weighted by Gasteiger charge is 2.23. The van der Waals surface area contributed by atoms with Crippen molar-refractivity contribution in [1.82, 2.24) is 25.0 Å². The Morgan fingerprint density at radius 3 is 2.47 bits per heavy atom. The Bertz CT molecular complexity index is 1130. The van der Waals surface area contributed by atoms with E-state index in [1.54, 1.807) is 24.3 Å². The van der Waals surface area contributed by atoms with Crippen molar-refractivity contribution in [3.8, 4) is 5.69 Å². The lowest BCUT2D eigenvalue weighted by Crippen LogP contribution is -2.43. The molecule has 0 bridgehead atoms. The van der Waals surface area contributed by atoms with Crippen LogP contribution < -0.4 is 27.8 Å². The molecule has 2 atom stereocenters. The van der Waals surface area contributed by atoms with Crippen LogP contribution in [0.15, 0.2) is 36.7 Å². The predicted molar refractivity (Wildman–Crippen MR) is 118 cm³/mol. The van der Waals surface area contributed by atoms with Crippen LogP contribution in [0.1, 0.15) is 46.5 Å². The molecule has 1 fully saturated rings. The molecule has 32 heavy (non-hydrogen) atoms. The lowest BCUT2D eigenvalue weighted by atomic mass is 9.91. The van der Waals surface area contributed by atoms with E-state index in [1.807, 2.05) is 0 Å². The van der Waals surface area contributed by atoms with Gasteiger partial charge < -0.3 is 27.8 Å². The van der Waals surface area contributed by atoms with Gasteiger partial charge in [-0.05, 0) is 37.1 Å². The molecule has 12 heteroatoms. The Morgan fingerprint density at radius 1 is 1.06 bits per heavy atom. The minimum absolute atomic E-state index is 0.0268. The molecule has 2 heterocycles. The number of amides is 2. The van der Waals surface area contributed by atoms with Gasteiger partial charge in [0, 0.05) is 24.0 Å². The molecular formula is C20H24N10O2. The highest BCUT2D eigenvalue weighted by atomic mass is 16.1. The van der Waals surface area contributed by atoms with E-state index in [2.05, 4.69) is 30.9 Å². The number of rotatable bonds is 7. The number of carbonyl (C=O) groups excluding carboxylic acids is 2. The molecule has 1 aliphatic rings. The molecule has 0 radical (unpaired) electrons. The zero-order valence-corrected chi connectivity index (χ0v) is 17.2. The van der Waals surface area contributed by atoms with E-state index in [0.29, 0.717) is 17.3 Å². The van der Waals surface area contributed by atoms with Gasteiger partial charge in [-0.1, -0.05) is 18.1 Å². The van der Waals surface area contributed by atoms with Crippen LogP contribution in [0.25, 0.3) is 5.69 Å². The predicted octanol–water partition coefficient (Wildman–Crippen LogP) is 0.681. The lowest BCUT2D eigenvalue weighted by molar-refractivity contribution is 0.0989. The molecule has 4 rings (SSSR count). The van der Waals surface area contributed by atoms with Gasteiger partial charge in [0.2, 0.25) is 5.95 Å². The van der Waals surface area contributed by atoms with Crippen molar-refractivity contribution >= 4 is 29.3 Å². The highest BCUT2D eigenvalue weighted by molar-refractivity contribution is 5.98. The zero-order chi connectivity index (χ0) is 22.7. The fraction of sp³-hybridized carbons (Fsp3) is 0.300. The molecule has 0 aliphatic heterocycles. The van der Waals surface area contributed by atoms with E-state index in [4.69, 9.17) is 17.2 Å². The molecule has 3 aromatic rings. The van der Waals surface area contributed by atoms with Crippen LogP contribution in [-0.4, -0.2) is 48.9 Å². The number of nitrogens with one attached hydrogen (secondary N) is 2. The zero-order valence-electron chi connectivity index (χ0n) is 17.2. The van der Waals surface area contributed by atoms with Gasteiger partial charge in [0.05, 0.1) is 11.9 Å². The smallest absolute Gasteiger partial charge is 0.270 e. The van der Waals surface area contributed by atoms with Gasteiger partial charge >= 0.3 is 0 Å². The van der Waals surface area contributed by atoms with Gasteiger partial charge in [0.25, 0.3) is 11.8 Å². The second-order valence-electron chi connectivity index (χ2n) is 7.60. The van der Waals surface area contributed by atoms with Crippen molar-refractivity contribution in [1.29, 1.82) is 0 Å². The third-order valence-electron chi connectivity index (χ3n) is 5.33. The Kier molecular flexibility index (Phi) is 5.94. The van der Waals surface area contributed by atoms with Crippen LogP contribution in [0.5, 0.6) is 0 Å². The van der Waals surface area contributed by atoms with Crippen LogP contribution in [0, 0.1) is 0 Å². The molecule has 0 unspecified atom stereocenters. The molecule has 12 nitrogen and oxygen atoms in total. The first-order valence-corrected chi connectivity index (χ1v) is 10.2. The minimum Gasteiger partial charge on any atom is -0.365 e. The summed E-state index contributed by atoms with van der Waals surface area (Å²) >= 11 is 0. The lowest BCUT2D eigenvalue weighted by Gasteiger charge is -2.29. The second-order valence-corrected chi connectivity index (χ2v) is 7.60. The fourth-order valence-electron chi connectivity index (χ4n) is 3.57. The summed E-state index contributed by atoms with van der Waals surface area (Å²) in [6, 6.07) is 7.14. The summed E-state index contributed by atoms with van der Waals surface area (Å²) in [5.41, 5.74) is 18.5. The summed E-state index contributed by atoms with van der Waals surface area (Å²) in [6.07, 6.45) is 6.92. The number of aromatic nitrogens is 5. The maximum Gasteiger partial charge on any atom is 0.270 e. The third-order valence-corrected chi connectivity index (χ3v) is 5.33. The van der Waals surface area contributed by atoms with E-state index in [9.17, 15) is 9.59 Å². The average Bonchev–Trinajstić information content (AvgIpc) is 3.27. The van der Waals surface area contributed by atoms with Crippen molar-refractivity contribution in [3.05, 3.63) is 47.9 Å². The van der Waals surface area contributed by atoms with Crippen molar-refractivity contribution in [3.63, 3.8) is 0 Å². The summed E-state index contributed by atoms with van der Waals surface area (Å²) in [4.78, 5) is 31.7. The maximum atomic E-state index is 11.9. The molecule has 1 aromatic carbocycles. The Balaban J connectivity index is 1.54. The summed E-state index contributed by atoms with van der Waals surface area (Å²) in [6.45, 7) is 0. The summed E-state index contributed by atoms with van der Waals surface area (Å²) in [5.74, 6) is -0.649. The Hall–Kier alpha value is -4.06. The summed E-state index contributed by atoms with van der Waals surface area (Å²) in [7, 11) is 0. The summed E-state index contributed by atoms with van der Waals surface area (Å²) in [5, 5.41) is 14.0. The molecule has 2 aromatic heterocycles. The first-order chi connectivity index (χ1) is 15.4. The van der Waals surface area contributed by atoms with Crippen LogP contribution in [0.2, 0.25) is 0 Å². The average molecular weight is 436 g/mol. The molecule has 1 aliphatic carbocycles. The van der Waals surface area contributed by atoms with E-state index in [1.165, 1.54) is 17.1 Å². The normalized spacial score (nSPS) is 18.2. The molecule has 1 saturated carbocycles. The Morgan fingerprint density at radius 2 is 1.81 bits per heavy atom. The minimum atomic E-state index is -0.657. The van der Waals surface area contributed by atoms with Crippen LogP contribution in [0.4, 0.5) is 17.5 Å². The second kappa shape index (κ2) is 8.98. The van der Waals surface area contributed by atoms with E-state index in [-0.39, 0.29) is 29.2 Å². The number of hydrogen-bond acceptors (Lipinski definition) is 9. The van der Waals surface area contributed by atoms with Crippen LogP contribution in [0.3, 0.4) is 0 Å². The number of benzene rings is 1. The third kappa shape index (κ3) is 4.64. The quantitative estimate of drug-likeness (QED) is 0.354.